The third-order valence-corrected chi connectivity index (χ3v) is 6.71. The molecule has 0 amide bonds. The molecule has 0 saturated heterocycles. The van der Waals surface area contributed by atoms with Gasteiger partial charge in [0.1, 0.15) is 22.7 Å². The number of carbonyl (C=O) groups is 1. The molecular formula is C18H15NO4S. The molecule has 2 aromatic rings. The van der Waals surface area contributed by atoms with E-state index in [4.69, 9.17) is 4.74 Å². The summed E-state index contributed by atoms with van der Waals surface area (Å²) in [6.45, 7) is 0. The Morgan fingerprint density at radius 3 is 2.25 bits per heavy atom. The molecule has 0 heterocycles. The zero-order valence-corrected chi connectivity index (χ0v) is 13.7. The van der Waals surface area contributed by atoms with Crippen LogP contribution in [-0.4, -0.2) is 27.1 Å². The van der Waals surface area contributed by atoms with Gasteiger partial charge in [-0.1, -0.05) is 30.3 Å². The molecule has 24 heavy (non-hydrogen) atoms. The molecule has 1 aliphatic rings. The van der Waals surface area contributed by atoms with Crippen LogP contribution in [0.4, 0.5) is 0 Å². The van der Waals surface area contributed by atoms with Crippen molar-refractivity contribution in [3.05, 3.63) is 60.2 Å². The van der Waals surface area contributed by atoms with Crippen molar-refractivity contribution in [1.82, 2.24) is 0 Å². The highest BCUT2D eigenvalue weighted by Gasteiger charge is 2.72. The summed E-state index contributed by atoms with van der Waals surface area (Å²) in [5.74, 6) is -0.0633. The van der Waals surface area contributed by atoms with E-state index in [9.17, 15) is 18.5 Å². The topological polar surface area (TPSA) is 84.2 Å². The fourth-order valence-electron chi connectivity index (χ4n) is 3.13. The van der Waals surface area contributed by atoms with Gasteiger partial charge in [-0.25, -0.2) is 8.42 Å². The van der Waals surface area contributed by atoms with Crippen molar-refractivity contribution < 1.29 is 17.9 Å². The molecule has 1 aliphatic carbocycles. The van der Waals surface area contributed by atoms with Crippen LogP contribution in [0.3, 0.4) is 0 Å². The number of sulfone groups is 1. The number of aldehydes is 1. The monoisotopic (exact) mass is 341 g/mol. The molecule has 5 nitrogen and oxygen atoms in total. The zero-order chi connectivity index (χ0) is 17.4. The average molecular weight is 341 g/mol. The van der Waals surface area contributed by atoms with Crippen LogP contribution in [0.5, 0.6) is 5.75 Å². The van der Waals surface area contributed by atoms with Gasteiger partial charge in [0, 0.05) is 5.92 Å². The van der Waals surface area contributed by atoms with Crippen molar-refractivity contribution >= 4 is 16.1 Å². The maximum atomic E-state index is 12.9. The predicted octanol–water partition coefficient (Wildman–Crippen LogP) is 2.34. The molecule has 0 bridgehead atoms. The number of nitriles is 1. The minimum absolute atomic E-state index is 0.118. The highest BCUT2D eigenvalue weighted by molar-refractivity contribution is 7.92. The maximum Gasteiger partial charge on any atom is 0.183 e. The Kier molecular flexibility index (Phi) is 3.90. The van der Waals surface area contributed by atoms with E-state index in [2.05, 4.69) is 0 Å². The first kappa shape index (κ1) is 16.2. The van der Waals surface area contributed by atoms with Gasteiger partial charge in [0.2, 0.25) is 0 Å². The van der Waals surface area contributed by atoms with Crippen LogP contribution in [0, 0.1) is 16.7 Å². The number of rotatable bonds is 5. The molecule has 3 rings (SSSR count). The molecule has 6 heteroatoms. The lowest BCUT2D eigenvalue weighted by Crippen LogP contribution is -2.16. The fraction of sp³-hybridized carbons (Fsp3) is 0.222. The van der Waals surface area contributed by atoms with Gasteiger partial charge < -0.3 is 9.53 Å². The Labute approximate surface area is 140 Å². The second-order valence-electron chi connectivity index (χ2n) is 5.69. The van der Waals surface area contributed by atoms with Crippen molar-refractivity contribution in [3.63, 3.8) is 0 Å². The molecule has 1 fully saturated rings. The molecule has 0 aliphatic heterocycles. The second-order valence-corrected chi connectivity index (χ2v) is 7.76. The Morgan fingerprint density at radius 2 is 1.75 bits per heavy atom. The predicted molar refractivity (Wildman–Crippen MR) is 87.3 cm³/mol. The molecule has 0 aromatic heterocycles. The van der Waals surface area contributed by atoms with Crippen molar-refractivity contribution in [3.8, 4) is 11.8 Å². The van der Waals surface area contributed by atoms with Crippen LogP contribution in [0.2, 0.25) is 0 Å². The first-order chi connectivity index (χ1) is 11.5. The van der Waals surface area contributed by atoms with Gasteiger partial charge in [0.05, 0.1) is 18.1 Å². The molecule has 0 N–H and O–H groups in total. The molecular weight excluding hydrogens is 326 g/mol. The van der Waals surface area contributed by atoms with Crippen LogP contribution in [0.25, 0.3) is 0 Å². The number of carbonyl (C=O) groups excluding carboxylic acids is 1. The van der Waals surface area contributed by atoms with Crippen LogP contribution < -0.4 is 4.74 Å². The van der Waals surface area contributed by atoms with E-state index in [0.29, 0.717) is 17.6 Å². The smallest absolute Gasteiger partial charge is 0.183 e. The first-order valence-corrected chi connectivity index (χ1v) is 8.86. The summed E-state index contributed by atoms with van der Waals surface area (Å²) in [5, 5.41) is 8.42. The van der Waals surface area contributed by atoms with Gasteiger partial charge in [-0.15, -0.1) is 0 Å². The molecule has 2 aromatic carbocycles. The van der Waals surface area contributed by atoms with Gasteiger partial charge in [-0.05, 0) is 29.8 Å². The van der Waals surface area contributed by atoms with Gasteiger partial charge in [-0.3, -0.25) is 0 Å². The first-order valence-electron chi connectivity index (χ1n) is 7.31. The second kappa shape index (κ2) is 5.77. The number of hydrogen-bond acceptors (Lipinski definition) is 5. The Morgan fingerprint density at radius 1 is 1.12 bits per heavy atom. The summed E-state index contributed by atoms with van der Waals surface area (Å²) >= 11 is 0. The van der Waals surface area contributed by atoms with E-state index >= 15 is 0 Å². The Bertz CT molecular complexity index is 900. The lowest BCUT2D eigenvalue weighted by atomic mass is 10.0. The van der Waals surface area contributed by atoms with E-state index in [1.807, 2.05) is 6.07 Å². The van der Waals surface area contributed by atoms with E-state index in [-0.39, 0.29) is 4.90 Å². The lowest BCUT2D eigenvalue weighted by Gasteiger charge is -2.04. The van der Waals surface area contributed by atoms with E-state index in [1.165, 1.54) is 19.2 Å². The lowest BCUT2D eigenvalue weighted by molar-refractivity contribution is -0.110. The summed E-state index contributed by atoms with van der Waals surface area (Å²) in [7, 11) is -2.27. The molecule has 0 unspecified atom stereocenters. The Hall–Kier alpha value is -2.65. The van der Waals surface area contributed by atoms with Crippen LogP contribution in [0.1, 0.15) is 11.5 Å². The SMILES string of the molecule is COc1ccc([C@H]2[C@@H](S(=O)(=O)c3ccccc3)[C@@]2(C#N)C=O)cc1. The quantitative estimate of drug-likeness (QED) is 0.779. The van der Waals surface area contributed by atoms with Crippen LogP contribution in [-0.2, 0) is 14.6 Å². The average Bonchev–Trinajstić information content (AvgIpc) is 3.33. The molecule has 122 valence electrons. The molecule has 0 spiro atoms. The minimum atomic E-state index is -3.80. The minimum Gasteiger partial charge on any atom is -0.497 e. The number of ether oxygens (including phenoxy) is 1. The van der Waals surface area contributed by atoms with Crippen molar-refractivity contribution in [1.29, 1.82) is 5.26 Å². The van der Waals surface area contributed by atoms with E-state index in [1.54, 1.807) is 42.5 Å². The van der Waals surface area contributed by atoms with Crippen molar-refractivity contribution in [2.75, 3.05) is 7.11 Å². The summed E-state index contributed by atoms with van der Waals surface area (Å²) in [6.07, 6.45) is 0.465. The van der Waals surface area contributed by atoms with Gasteiger partial charge in [0.25, 0.3) is 0 Å². The largest absolute Gasteiger partial charge is 0.497 e. The van der Waals surface area contributed by atoms with Gasteiger partial charge >= 0.3 is 0 Å². The molecule has 1 saturated carbocycles. The van der Waals surface area contributed by atoms with Crippen molar-refractivity contribution in [2.45, 2.75) is 16.1 Å². The standard InChI is InChI=1S/C18H15NO4S/c1-23-14-9-7-13(8-10-14)16-17(18(16,11-19)12-20)24(21,22)15-5-3-2-4-6-15/h2-10,12,16-17H,1H3/t16-,17+,18-/m0/s1. The fourth-order valence-corrected chi connectivity index (χ4v) is 5.39. The van der Waals surface area contributed by atoms with E-state index < -0.39 is 26.4 Å². The third kappa shape index (κ3) is 2.29. The van der Waals surface area contributed by atoms with Crippen LogP contribution >= 0.6 is 0 Å². The molecule has 3 atom stereocenters. The van der Waals surface area contributed by atoms with Crippen LogP contribution in [0.15, 0.2) is 59.5 Å². The Balaban J connectivity index is 2.06. The zero-order valence-electron chi connectivity index (χ0n) is 12.9. The normalized spacial score (nSPS) is 25.5. The number of methoxy groups -OCH3 is 1. The number of benzene rings is 2. The number of nitrogens with zero attached hydrogens (tertiary/aromatic N) is 1. The van der Waals surface area contributed by atoms with Gasteiger partial charge in [0.15, 0.2) is 9.84 Å². The highest BCUT2D eigenvalue weighted by atomic mass is 32.2. The maximum absolute atomic E-state index is 12.9. The molecule has 0 radical (unpaired) electrons. The number of hydrogen-bond donors (Lipinski definition) is 0. The van der Waals surface area contributed by atoms with Gasteiger partial charge in [-0.2, -0.15) is 5.26 Å². The summed E-state index contributed by atoms with van der Waals surface area (Å²) in [6, 6.07) is 16.6. The van der Waals surface area contributed by atoms with E-state index in [0.717, 1.165) is 0 Å². The van der Waals surface area contributed by atoms with Crippen molar-refractivity contribution in [2.24, 2.45) is 5.41 Å². The third-order valence-electron chi connectivity index (χ3n) is 4.45. The highest BCUT2D eigenvalue weighted by Crippen LogP contribution is 2.62. The summed E-state index contributed by atoms with van der Waals surface area (Å²) in [5.41, 5.74) is -0.919. The summed E-state index contributed by atoms with van der Waals surface area (Å²) < 4.78 is 30.9. The summed E-state index contributed by atoms with van der Waals surface area (Å²) in [4.78, 5) is 11.7.